The molecule has 2 heterocycles. The molecule has 4 rings (SSSR count). The molecule has 1 aliphatic rings. The number of hydrogen-bond donors (Lipinski definition) is 2. The average molecular weight is 319 g/mol. The lowest BCUT2D eigenvalue weighted by Gasteiger charge is -2.27. The maximum absolute atomic E-state index is 12.7. The Morgan fingerprint density at radius 2 is 2.00 bits per heavy atom. The minimum absolute atomic E-state index is 0.0297. The van der Waals surface area contributed by atoms with Gasteiger partial charge in [-0.05, 0) is 31.5 Å². The molecule has 0 saturated carbocycles. The highest BCUT2D eigenvalue weighted by Gasteiger charge is 2.24. The number of carbonyl (C=O) groups excluding carboxylic acids is 1. The van der Waals surface area contributed by atoms with Crippen LogP contribution in [0.25, 0.3) is 10.9 Å². The van der Waals surface area contributed by atoms with Crippen LogP contribution in [0.2, 0.25) is 0 Å². The predicted molar refractivity (Wildman–Crippen MR) is 97.3 cm³/mol. The van der Waals surface area contributed by atoms with Gasteiger partial charge in [0, 0.05) is 47.4 Å². The van der Waals surface area contributed by atoms with Gasteiger partial charge in [0.2, 0.25) is 0 Å². The molecular weight excluding hydrogens is 298 g/mol. The van der Waals surface area contributed by atoms with E-state index in [9.17, 15) is 4.79 Å². The van der Waals surface area contributed by atoms with E-state index in [-0.39, 0.29) is 6.03 Å². The number of nitrogens with one attached hydrogen (secondary N) is 2. The van der Waals surface area contributed by atoms with E-state index in [1.54, 1.807) is 0 Å². The van der Waals surface area contributed by atoms with Crippen molar-refractivity contribution in [1.82, 2.24) is 9.88 Å². The Kier molecular flexibility index (Phi) is 3.53. The summed E-state index contributed by atoms with van der Waals surface area (Å²) in [5.74, 6) is 0. The van der Waals surface area contributed by atoms with Gasteiger partial charge in [0.25, 0.3) is 0 Å². The van der Waals surface area contributed by atoms with E-state index < -0.39 is 0 Å². The Hall–Kier alpha value is -2.75. The molecule has 3 aromatic rings. The number of amides is 2. The van der Waals surface area contributed by atoms with Crippen LogP contribution >= 0.6 is 0 Å². The Balaban J connectivity index is 1.56. The number of fused-ring (bicyclic) bond motifs is 3. The van der Waals surface area contributed by atoms with Crippen molar-refractivity contribution < 1.29 is 4.79 Å². The van der Waals surface area contributed by atoms with Crippen molar-refractivity contribution in [1.29, 1.82) is 0 Å². The predicted octanol–water partition coefficient (Wildman–Crippen LogP) is 4.37. The Morgan fingerprint density at radius 1 is 1.17 bits per heavy atom. The molecule has 24 heavy (non-hydrogen) atoms. The van der Waals surface area contributed by atoms with Gasteiger partial charge in [-0.3, -0.25) is 0 Å². The number of carbonyl (C=O) groups is 1. The molecule has 122 valence electrons. The molecule has 0 spiro atoms. The standard InChI is InChI=1S/C20H21N3O/c1-13-7-8-17(14(2)11-13)22-20(24)23-10-9-19-16(12-23)15-5-3-4-6-18(15)21-19/h3-8,11,21H,9-10,12H2,1-2H3,(H,22,24). The van der Waals surface area contributed by atoms with Crippen molar-refractivity contribution in [2.24, 2.45) is 0 Å². The Bertz CT molecular complexity index is 926. The maximum Gasteiger partial charge on any atom is 0.322 e. The van der Waals surface area contributed by atoms with Gasteiger partial charge >= 0.3 is 6.03 Å². The maximum atomic E-state index is 12.7. The van der Waals surface area contributed by atoms with Crippen molar-refractivity contribution >= 4 is 22.6 Å². The SMILES string of the molecule is Cc1ccc(NC(=O)N2CCc3[nH]c4ccccc4c3C2)c(C)c1. The highest BCUT2D eigenvalue weighted by atomic mass is 16.2. The van der Waals surface area contributed by atoms with E-state index in [2.05, 4.69) is 35.4 Å². The number of rotatable bonds is 1. The van der Waals surface area contributed by atoms with Crippen LogP contribution in [0.5, 0.6) is 0 Å². The first-order valence-corrected chi connectivity index (χ1v) is 8.33. The van der Waals surface area contributed by atoms with Gasteiger partial charge in [0.05, 0.1) is 0 Å². The molecule has 2 aromatic carbocycles. The van der Waals surface area contributed by atoms with E-state index >= 15 is 0 Å². The lowest BCUT2D eigenvalue weighted by atomic mass is 10.0. The summed E-state index contributed by atoms with van der Waals surface area (Å²) in [6, 6.07) is 14.4. The molecule has 0 atom stereocenters. The smallest absolute Gasteiger partial charge is 0.322 e. The number of urea groups is 1. The molecule has 0 unspecified atom stereocenters. The second kappa shape index (κ2) is 5.71. The van der Waals surface area contributed by atoms with Gasteiger partial charge in [-0.1, -0.05) is 35.9 Å². The van der Waals surface area contributed by atoms with Crippen LogP contribution in [-0.2, 0) is 13.0 Å². The number of aromatic amines is 1. The Morgan fingerprint density at radius 3 is 2.83 bits per heavy atom. The number of benzene rings is 2. The molecule has 4 heteroatoms. The molecule has 0 saturated heterocycles. The number of H-pyrrole nitrogens is 1. The van der Waals surface area contributed by atoms with Gasteiger partial charge in [-0.25, -0.2) is 4.79 Å². The van der Waals surface area contributed by atoms with E-state index in [1.165, 1.54) is 22.2 Å². The number of hydrogen-bond acceptors (Lipinski definition) is 1. The first-order chi connectivity index (χ1) is 11.6. The molecule has 2 amide bonds. The normalized spacial score (nSPS) is 13.8. The van der Waals surface area contributed by atoms with Gasteiger partial charge in [0.1, 0.15) is 0 Å². The highest BCUT2D eigenvalue weighted by molar-refractivity contribution is 5.91. The van der Waals surface area contributed by atoms with E-state index in [0.717, 1.165) is 29.7 Å². The van der Waals surface area contributed by atoms with Gasteiger partial charge < -0.3 is 15.2 Å². The van der Waals surface area contributed by atoms with Crippen LogP contribution in [0.3, 0.4) is 0 Å². The van der Waals surface area contributed by atoms with Crippen LogP contribution in [0.15, 0.2) is 42.5 Å². The summed E-state index contributed by atoms with van der Waals surface area (Å²) in [4.78, 5) is 18.0. The fourth-order valence-electron chi connectivity index (χ4n) is 3.49. The molecule has 0 fully saturated rings. The zero-order chi connectivity index (χ0) is 16.7. The number of aryl methyl sites for hydroxylation is 2. The van der Waals surface area contributed by atoms with Crippen molar-refractivity contribution in [3.8, 4) is 0 Å². The van der Waals surface area contributed by atoms with Gasteiger partial charge in [-0.2, -0.15) is 0 Å². The lowest BCUT2D eigenvalue weighted by Crippen LogP contribution is -2.38. The van der Waals surface area contributed by atoms with Crippen LogP contribution in [0.4, 0.5) is 10.5 Å². The van der Waals surface area contributed by atoms with E-state index in [4.69, 9.17) is 0 Å². The molecule has 1 aromatic heterocycles. The average Bonchev–Trinajstić information content (AvgIpc) is 2.95. The van der Waals surface area contributed by atoms with Crippen molar-refractivity contribution in [2.45, 2.75) is 26.8 Å². The number of anilines is 1. The molecule has 4 nitrogen and oxygen atoms in total. The van der Waals surface area contributed by atoms with Crippen LogP contribution in [0.1, 0.15) is 22.4 Å². The quantitative estimate of drug-likeness (QED) is 0.687. The summed E-state index contributed by atoms with van der Waals surface area (Å²) >= 11 is 0. The zero-order valence-corrected chi connectivity index (χ0v) is 14.0. The first-order valence-electron chi connectivity index (χ1n) is 8.33. The van der Waals surface area contributed by atoms with Crippen molar-refractivity contribution in [2.75, 3.05) is 11.9 Å². The highest BCUT2D eigenvalue weighted by Crippen LogP contribution is 2.28. The van der Waals surface area contributed by atoms with Gasteiger partial charge in [-0.15, -0.1) is 0 Å². The summed E-state index contributed by atoms with van der Waals surface area (Å²) in [6.45, 7) is 5.46. The third-order valence-electron chi connectivity index (χ3n) is 4.79. The second-order valence-electron chi connectivity index (χ2n) is 6.55. The monoisotopic (exact) mass is 319 g/mol. The summed E-state index contributed by atoms with van der Waals surface area (Å²) < 4.78 is 0. The molecule has 1 aliphatic heterocycles. The van der Waals surface area contributed by atoms with E-state index in [1.807, 2.05) is 36.1 Å². The Labute approximate surface area is 141 Å². The summed E-state index contributed by atoms with van der Waals surface area (Å²) in [5, 5.41) is 4.27. The fourth-order valence-corrected chi connectivity index (χ4v) is 3.49. The topological polar surface area (TPSA) is 48.1 Å². The third kappa shape index (κ3) is 2.54. The number of aromatic nitrogens is 1. The number of nitrogens with zero attached hydrogens (tertiary/aromatic N) is 1. The fraction of sp³-hybridized carbons (Fsp3) is 0.250. The molecule has 2 N–H and O–H groups in total. The molecular formula is C20H21N3O. The van der Waals surface area contributed by atoms with Crippen LogP contribution in [0, 0.1) is 13.8 Å². The molecule has 0 radical (unpaired) electrons. The minimum Gasteiger partial charge on any atom is -0.358 e. The summed E-state index contributed by atoms with van der Waals surface area (Å²) in [6.07, 6.45) is 0.865. The zero-order valence-electron chi connectivity index (χ0n) is 14.0. The third-order valence-corrected chi connectivity index (χ3v) is 4.79. The number of para-hydroxylation sites is 1. The van der Waals surface area contributed by atoms with Crippen LogP contribution in [-0.4, -0.2) is 22.5 Å². The lowest BCUT2D eigenvalue weighted by molar-refractivity contribution is 0.206. The minimum atomic E-state index is -0.0297. The molecule has 0 bridgehead atoms. The largest absolute Gasteiger partial charge is 0.358 e. The first kappa shape index (κ1) is 14.8. The van der Waals surface area contributed by atoms with E-state index in [0.29, 0.717) is 6.54 Å². The second-order valence-corrected chi connectivity index (χ2v) is 6.55. The molecule has 0 aliphatic carbocycles. The van der Waals surface area contributed by atoms with Crippen LogP contribution < -0.4 is 5.32 Å². The van der Waals surface area contributed by atoms with Crippen molar-refractivity contribution in [3.63, 3.8) is 0 Å². The summed E-state index contributed by atoms with van der Waals surface area (Å²) in [7, 11) is 0. The summed E-state index contributed by atoms with van der Waals surface area (Å²) in [5.41, 5.74) is 6.83. The van der Waals surface area contributed by atoms with Crippen molar-refractivity contribution in [3.05, 3.63) is 64.8 Å². The van der Waals surface area contributed by atoms with Gasteiger partial charge in [0.15, 0.2) is 0 Å².